The van der Waals surface area contributed by atoms with Crippen molar-refractivity contribution in [2.24, 2.45) is 0 Å². The van der Waals surface area contributed by atoms with Gasteiger partial charge in [0.25, 0.3) is 0 Å². The van der Waals surface area contributed by atoms with Crippen LogP contribution in [0.15, 0.2) is 0 Å². The first kappa shape index (κ1) is 31.0. The van der Waals surface area contributed by atoms with Crippen LogP contribution in [-0.4, -0.2) is 60.3 Å². The standard InChI is InChI=1S/2CH2O3.Ca.2H3N/c2*2-1(3)4;;;/h2*(H2,2,3,4);;2*1H3/q;;+2;;/p-2. The van der Waals surface area contributed by atoms with Crippen molar-refractivity contribution in [3.05, 3.63) is 0 Å². The first-order chi connectivity index (χ1) is 3.46. The van der Waals surface area contributed by atoms with Gasteiger partial charge in [-0.25, -0.2) is 4.79 Å². The first-order valence-electron chi connectivity index (χ1n) is 1.26. The summed E-state index contributed by atoms with van der Waals surface area (Å²) in [4.78, 5) is 16.9. The van der Waals surface area contributed by atoms with E-state index in [2.05, 4.69) is 0 Å². The molecule has 0 fully saturated rings. The summed E-state index contributed by atoms with van der Waals surface area (Å²) < 4.78 is 0. The van der Waals surface area contributed by atoms with Crippen molar-refractivity contribution in [3.8, 4) is 0 Å². The third-order valence-electron chi connectivity index (χ3n) is 0. The van der Waals surface area contributed by atoms with Gasteiger partial charge < -0.3 is 37.5 Å². The zero-order valence-electron chi connectivity index (χ0n) is 5.65. The van der Waals surface area contributed by atoms with Crippen molar-refractivity contribution in [1.82, 2.24) is 12.3 Å². The van der Waals surface area contributed by atoms with Crippen LogP contribution >= 0.6 is 0 Å². The first-order valence-corrected chi connectivity index (χ1v) is 1.26. The summed E-state index contributed by atoms with van der Waals surface area (Å²) >= 11 is 0. The Balaban J connectivity index is -0.0000000171. The molecule has 0 saturated carbocycles. The summed E-state index contributed by atoms with van der Waals surface area (Å²) in [6.45, 7) is 0. The quantitative estimate of drug-likeness (QED) is 0.311. The van der Waals surface area contributed by atoms with E-state index in [1.165, 1.54) is 0 Å². The molecule has 8 N–H and O–H groups in total. The van der Waals surface area contributed by atoms with E-state index in [9.17, 15) is 0 Å². The molecule has 0 aromatic heterocycles. The van der Waals surface area contributed by atoms with E-state index in [1.807, 2.05) is 0 Å². The molecule has 8 nitrogen and oxygen atoms in total. The zero-order valence-corrected chi connectivity index (χ0v) is 7.86. The fourth-order valence-corrected chi connectivity index (χ4v) is 0. The number of carbonyl (C=O) groups excluding carboxylic acids is 1. The van der Waals surface area contributed by atoms with E-state index in [1.54, 1.807) is 0 Å². The molecule has 0 heterocycles. The van der Waals surface area contributed by atoms with E-state index < -0.39 is 12.3 Å². The van der Waals surface area contributed by atoms with Crippen molar-refractivity contribution in [2.45, 2.75) is 0 Å². The molecule has 0 saturated heterocycles. The van der Waals surface area contributed by atoms with Crippen molar-refractivity contribution in [2.75, 3.05) is 0 Å². The molecule has 0 spiro atoms. The molecule has 0 amide bonds. The fraction of sp³-hybridized carbons (Fsp3) is 0. The van der Waals surface area contributed by atoms with Crippen LogP contribution in [-0.2, 0) is 0 Å². The van der Waals surface area contributed by atoms with Crippen LogP contribution in [0.4, 0.5) is 9.59 Å². The van der Waals surface area contributed by atoms with Gasteiger partial charge in [-0.1, -0.05) is 0 Å². The molecule has 11 heavy (non-hydrogen) atoms. The SMILES string of the molecule is N.N.O=C(O)O.O=C([O-])[O-].[Ca+2]. The summed E-state index contributed by atoms with van der Waals surface area (Å²) in [7, 11) is 0. The summed E-state index contributed by atoms with van der Waals surface area (Å²) in [5.41, 5.74) is 0. The van der Waals surface area contributed by atoms with E-state index >= 15 is 0 Å². The summed E-state index contributed by atoms with van der Waals surface area (Å²) in [6.07, 6.45) is -4.17. The van der Waals surface area contributed by atoms with Crippen LogP contribution in [0, 0.1) is 0 Å². The summed E-state index contributed by atoms with van der Waals surface area (Å²) in [5.74, 6) is 0. The maximum atomic E-state index is 8.56. The van der Waals surface area contributed by atoms with Gasteiger partial charge in [-0.05, 0) is 6.16 Å². The third kappa shape index (κ3) is 7370. The molecule has 0 radical (unpaired) electrons. The molecule has 0 unspecified atom stereocenters. The molecule has 0 atom stereocenters. The molecule has 0 rings (SSSR count). The summed E-state index contributed by atoms with van der Waals surface area (Å²) in [6, 6.07) is 0. The van der Waals surface area contributed by atoms with Gasteiger partial charge >= 0.3 is 43.9 Å². The van der Waals surface area contributed by atoms with Gasteiger partial charge in [0, 0.05) is 0 Å². The van der Waals surface area contributed by atoms with E-state index in [-0.39, 0.29) is 50.0 Å². The predicted octanol–water partition coefficient (Wildman–Crippen LogP) is -2.28. The molecular formula is C2H8CaN2O6. The molecule has 0 aliphatic rings. The van der Waals surface area contributed by atoms with Gasteiger partial charge in [0.05, 0.1) is 0 Å². The second-order valence-electron chi connectivity index (χ2n) is 0.533. The molecule has 0 aromatic carbocycles. The zero-order chi connectivity index (χ0) is 7.15. The Hall–Kier alpha value is -0.280. The van der Waals surface area contributed by atoms with Crippen LogP contribution in [0.25, 0.3) is 0 Å². The Morgan fingerprint density at radius 2 is 1.00 bits per heavy atom. The fourth-order valence-electron chi connectivity index (χ4n) is 0. The normalized spacial score (nSPS) is 4.36. The van der Waals surface area contributed by atoms with E-state index in [0.29, 0.717) is 0 Å². The average Bonchev–Trinajstić information content (AvgIpc) is 1.25. The van der Waals surface area contributed by atoms with E-state index in [4.69, 9.17) is 30.0 Å². The third-order valence-corrected chi connectivity index (χ3v) is 0. The number of rotatable bonds is 0. The Kier molecular flexibility index (Phi) is 63.6. The van der Waals surface area contributed by atoms with Crippen molar-refractivity contribution >= 4 is 50.0 Å². The Morgan fingerprint density at radius 3 is 1.00 bits per heavy atom. The minimum absolute atomic E-state index is 0. The topological polar surface area (TPSA) is 191 Å². The monoisotopic (exact) mass is 196 g/mol. The van der Waals surface area contributed by atoms with Crippen LogP contribution in [0.3, 0.4) is 0 Å². The van der Waals surface area contributed by atoms with Gasteiger partial charge in [-0.2, -0.15) is 0 Å². The van der Waals surface area contributed by atoms with Gasteiger partial charge in [0.2, 0.25) is 0 Å². The van der Waals surface area contributed by atoms with E-state index in [0.717, 1.165) is 0 Å². The Bertz CT molecular complexity index is 76.6. The minimum atomic E-state index is -2.33. The predicted molar refractivity (Wildman–Crippen MR) is 31.8 cm³/mol. The maximum absolute atomic E-state index is 8.56. The Labute approximate surface area is 92.0 Å². The second-order valence-corrected chi connectivity index (χ2v) is 0.533. The van der Waals surface area contributed by atoms with Crippen LogP contribution in [0.2, 0.25) is 0 Å². The molecule has 0 aliphatic carbocycles. The van der Waals surface area contributed by atoms with Crippen molar-refractivity contribution < 1.29 is 30.0 Å². The molecule has 0 bridgehead atoms. The molecule has 0 aliphatic heterocycles. The Morgan fingerprint density at radius 1 is 1.00 bits per heavy atom. The van der Waals surface area contributed by atoms with Gasteiger partial charge in [0.1, 0.15) is 0 Å². The smallest absolute Gasteiger partial charge is 0.652 e. The molecule has 0 aromatic rings. The van der Waals surface area contributed by atoms with Crippen molar-refractivity contribution in [1.29, 1.82) is 0 Å². The van der Waals surface area contributed by atoms with Crippen LogP contribution < -0.4 is 22.5 Å². The maximum Gasteiger partial charge on any atom is 2.00 e. The number of carbonyl (C=O) groups is 2. The number of hydrogen-bond donors (Lipinski definition) is 4. The minimum Gasteiger partial charge on any atom is -0.652 e. The van der Waals surface area contributed by atoms with Gasteiger partial charge in [0.15, 0.2) is 0 Å². The van der Waals surface area contributed by atoms with Gasteiger partial charge in [-0.3, -0.25) is 0 Å². The molecule has 9 heteroatoms. The summed E-state index contributed by atoms with van der Waals surface area (Å²) in [5, 5.41) is 30.6. The second kappa shape index (κ2) is 22.6. The van der Waals surface area contributed by atoms with Gasteiger partial charge in [-0.15, -0.1) is 0 Å². The molecule has 64 valence electrons. The van der Waals surface area contributed by atoms with Crippen molar-refractivity contribution in [3.63, 3.8) is 0 Å². The largest absolute Gasteiger partial charge is 2.00 e. The molecular weight excluding hydrogens is 188 g/mol. The number of hydrogen-bond acceptors (Lipinski definition) is 6. The average molecular weight is 196 g/mol. The van der Waals surface area contributed by atoms with Crippen LogP contribution in [0.5, 0.6) is 0 Å². The number of carboxylic acid groups (broad SMARTS) is 4. The van der Waals surface area contributed by atoms with Crippen LogP contribution in [0.1, 0.15) is 0 Å².